The number of aliphatic carboxylic acids is 1. The number of hydrogen-bond acceptors (Lipinski definition) is 4. The van der Waals surface area contributed by atoms with Gasteiger partial charge < -0.3 is 20.5 Å². The van der Waals surface area contributed by atoms with Crippen LogP contribution in [0.5, 0.6) is 0 Å². The molecular weight excluding hydrogens is 432 g/mol. The van der Waals surface area contributed by atoms with Gasteiger partial charge in [-0.3, -0.25) is 4.79 Å². The van der Waals surface area contributed by atoms with Gasteiger partial charge in [0.2, 0.25) is 5.91 Å². The number of carbonyl (C=O) groups is 3. The lowest BCUT2D eigenvalue weighted by atomic mass is 9.98. The normalized spacial score (nSPS) is 14.9. The first kappa shape index (κ1) is 25.3. The van der Waals surface area contributed by atoms with Gasteiger partial charge in [0, 0.05) is 18.4 Å². The minimum absolute atomic E-state index is 0.0162. The van der Waals surface area contributed by atoms with E-state index in [4.69, 9.17) is 4.74 Å². The van der Waals surface area contributed by atoms with Crippen molar-refractivity contribution in [2.75, 3.05) is 6.61 Å². The molecule has 0 aliphatic heterocycles. The van der Waals surface area contributed by atoms with E-state index in [1.165, 1.54) is 11.1 Å². The summed E-state index contributed by atoms with van der Waals surface area (Å²) in [7, 11) is 0. The topological polar surface area (TPSA) is 105 Å². The molecule has 0 spiro atoms. The van der Waals surface area contributed by atoms with Crippen molar-refractivity contribution in [2.24, 2.45) is 5.92 Å². The van der Waals surface area contributed by atoms with Crippen molar-refractivity contribution in [3.63, 3.8) is 0 Å². The minimum Gasteiger partial charge on any atom is -0.480 e. The van der Waals surface area contributed by atoms with E-state index in [0.29, 0.717) is 19.3 Å². The lowest BCUT2D eigenvalue weighted by Crippen LogP contribution is -2.45. The Morgan fingerprint density at radius 2 is 1.53 bits per heavy atom. The van der Waals surface area contributed by atoms with Crippen molar-refractivity contribution in [1.29, 1.82) is 0 Å². The van der Waals surface area contributed by atoms with Gasteiger partial charge in [-0.05, 0) is 41.0 Å². The second kappa shape index (κ2) is 11.7. The number of carboxylic acid groups (broad SMARTS) is 1. The maximum absolute atomic E-state index is 12.5. The molecule has 0 aromatic heterocycles. The fraction of sp³-hybridized carbons (Fsp3) is 0.444. The van der Waals surface area contributed by atoms with Crippen molar-refractivity contribution in [2.45, 2.75) is 64.5 Å². The van der Waals surface area contributed by atoms with E-state index in [9.17, 15) is 19.5 Å². The molecule has 3 N–H and O–H groups in total. The second-order valence-corrected chi connectivity index (χ2v) is 8.88. The summed E-state index contributed by atoms with van der Waals surface area (Å²) in [6.45, 7) is 5.84. The van der Waals surface area contributed by atoms with Crippen molar-refractivity contribution in [3.8, 4) is 11.1 Å². The zero-order valence-electron chi connectivity index (χ0n) is 20.0. The van der Waals surface area contributed by atoms with E-state index >= 15 is 0 Å². The van der Waals surface area contributed by atoms with Crippen molar-refractivity contribution in [1.82, 2.24) is 10.6 Å². The average molecular weight is 467 g/mol. The number of nitrogens with one attached hydrogen (secondary N) is 2. The van der Waals surface area contributed by atoms with Crippen molar-refractivity contribution >= 4 is 18.0 Å². The quantitative estimate of drug-likeness (QED) is 0.445. The van der Waals surface area contributed by atoms with Gasteiger partial charge in [-0.2, -0.15) is 0 Å². The van der Waals surface area contributed by atoms with Gasteiger partial charge in [-0.15, -0.1) is 0 Å². The van der Waals surface area contributed by atoms with Gasteiger partial charge in [-0.1, -0.05) is 75.7 Å². The summed E-state index contributed by atoms with van der Waals surface area (Å²) in [5.74, 6) is -1.55. The third-order valence-electron chi connectivity index (χ3n) is 6.67. The van der Waals surface area contributed by atoms with Gasteiger partial charge >= 0.3 is 12.1 Å². The predicted octanol–water partition coefficient (Wildman–Crippen LogP) is 4.70. The molecule has 0 fully saturated rings. The van der Waals surface area contributed by atoms with E-state index in [2.05, 4.69) is 34.9 Å². The number of fused-ring (bicyclic) bond motifs is 3. The van der Waals surface area contributed by atoms with Crippen molar-refractivity contribution < 1.29 is 24.2 Å². The van der Waals surface area contributed by atoms with Crippen LogP contribution in [0.4, 0.5) is 4.79 Å². The predicted molar refractivity (Wildman–Crippen MR) is 131 cm³/mol. The van der Waals surface area contributed by atoms with E-state index in [-0.39, 0.29) is 36.8 Å². The molecule has 2 aromatic carbocycles. The van der Waals surface area contributed by atoms with Crippen LogP contribution in [-0.4, -0.2) is 41.8 Å². The number of ether oxygens (including phenoxy) is 1. The SMILES string of the molecule is CCC(CCC(=O)N[C@H](C(=O)O)C(C)CC)NC(=O)OCC1c2ccccc2-c2ccccc21. The zero-order chi connectivity index (χ0) is 24.7. The smallest absolute Gasteiger partial charge is 0.407 e. The van der Waals surface area contributed by atoms with Gasteiger partial charge in [-0.25, -0.2) is 9.59 Å². The lowest BCUT2D eigenvalue weighted by molar-refractivity contribution is -0.143. The molecule has 182 valence electrons. The number of carbonyl (C=O) groups excluding carboxylic acids is 2. The molecule has 0 bridgehead atoms. The number of amides is 2. The van der Waals surface area contributed by atoms with E-state index < -0.39 is 18.1 Å². The summed E-state index contributed by atoms with van der Waals surface area (Å²) < 4.78 is 5.59. The molecule has 3 atom stereocenters. The highest BCUT2D eigenvalue weighted by Crippen LogP contribution is 2.44. The fourth-order valence-electron chi connectivity index (χ4n) is 4.42. The summed E-state index contributed by atoms with van der Waals surface area (Å²) in [6.07, 6.45) is 1.29. The molecule has 0 heterocycles. The van der Waals surface area contributed by atoms with Crippen LogP contribution < -0.4 is 10.6 Å². The number of alkyl carbamates (subject to hydrolysis) is 1. The molecule has 0 saturated heterocycles. The third-order valence-corrected chi connectivity index (χ3v) is 6.67. The molecule has 0 saturated carbocycles. The fourth-order valence-corrected chi connectivity index (χ4v) is 4.42. The number of carboxylic acids is 1. The molecule has 7 heteroatoms. The average Bonchev–Trinajstić information content (AvgIpc) is 3.16. The first-order chi connectivity index (χ1) is 16.3. The van der Waals surface area contributed by atoms with Gasteiger partial charge in [0.05, 0.1) is 0 Å². The molecule has 1 aliphatic carbocycles. The van der Waals surface area contributed by atoms with E-state index in [0.717, 1.165) is 11.1 Å². The minimum atomic E-state index is -1.04. The van der Waals surface area contributed by atoms with Crippen LogP contribution in [0.1, 0.15) is 63.5 Å². The first-order valence-corrected chi connectivity index (χ1v) is 12.0. The molecule has 2 amide bonds. The maximum atomic E-state index is 12.5. The molecule has 3 rings (SSSR count). The highest BCUT2D eigenvalue weighted by atomic mass is 16.5. The molecular formula is C27H34N2O5. The molecule has 7 nitrogen and oxygen atoms in total. The molecule has 1 aliphatic rings. The number of rotatable bonds is 11. The Balaban J connectivity index is 1.51. The molecule has 2 aromatic rings. The largest absolute Gasteiger partial charge is 0.480 e. The standard InChI is InChI=1S/C27H34N2O5/c1-4-17(3)25(26(31)32)29-24(30)15-14-18(5-2)28-27(33)34-16-23-21-12-8-6-10-19(21)20-11-7-9-13-22(20)23/h6-13,17-18,23,25H,4-5,14-16H2,1-3H3,(H,28,33)(H,29,30)(H,31,32)/t17?,18?,25-/m0/s1. The van der Waals surface area contributed by atoms with Crippen LogP contribution in [0.2, 0.25) is 0 Å². The zero-order valence-corrected chi connectivity index (χ0v) is 20.0. The first-order valence-electron chi connectivity index (χ1n) is 12.0. The summed E-state index contributed by atoms with van der Waals surface area (Å²) in [4.78, 5) is 36.2. The summed E-state index contributed by atoms with van der Waals surface area (Å²) in [6, 6.07) is 15.2. The Hall–Kier alpha value is -3.35. The lowest BCUT2D eigenvalue weighted by Gasteiger charge is -2.21. The molecule has 0 radical (unpaired) electrons. The third kappa shape index (κ3) is 5.95. The van der Waals surface area contributed by atoms with Gasteiger partial charge in [0.25, 0.3) is 0 Å². The Morgan fingerprint density at radius 3 is 2.06 bits per heavy atom. The van der Waals surface area contributed by atoms with E-state index in [1.54, 1.807) is 6.92 Å². The maximum Gasteiger partial charge on any atom is 0.407 e. The monoisotopic (exact) mass is 466 g/mol. The number of hydrogen-bond donors (Lipinski definition) is 3. The highest BCUT2D eigenvalue weighted by molar-refractivity contribution is 5.83. The van der Waals surface area contributed by atoms with Gasteiger partial charge in [0.15, 0.2) is 0 Å². The van der Waals surface area contributed by atoms with Crippen LogP contribution >= 0.6 is 0 Å². The van der Waals surface area contributed by atoms with Crippen LogP contribution in [0.15, 0.2) is 48.5 Å². The summed E-state index contributed by atoms with van der Waals surface area (Å²) in [5.41, 5.74) is 4.63. The Morgan fingerprint density at radius 1 is 0.941 bits per heavy atom. The number of benzene rings is 2. The Bertz CT molecular complexity index is 976. The second-order valence-electron chi connectivity index (χ2n) is 8.88. The van der Waals surface area contributed by atoms with Gasteiger partial charge in [0.1, 0.15) is 12.6 Å². The summed E-state index contributed by atoms with van der Waals surface area (Å²) >= 11 is 0. The molecule has 2 unspecified atom stereocenters. The van der Waals surface area contributed by atoms with Crippen LogP contribution in [0, 0.1) is 5.92 Å². The van der Waals surface area contributed by atoms with Crippen LogP contribution in [-0.2, 0) is 14.3 Å². The van der Waals surface area contributed by atoms with Crippen LogP contribution in [0.3, 0.4) is 0 Å². The van der Waals surface area contributed by atoms with Crippen LogP contribution in [0.25, 0.3) is 11.1 Å². The van der Waals surface area contributed by atoms with E-state index in [1.807, 2.05) is 38.1 Å². The Kier molecular flexibility index (Phi) is 8.68. The Labute approximate surface area is 200 Å². The van der Waals surface area contributed by atoms with Crippen molar-refractivity contribution in [3.05, 3.63) is 59.7 Å². The highest BCUT2D eigenvalue weighted by Gasteiger charge is 2.29. The summed E-state index contributed by atoms with van der Waals surface area (Å²) in [5, 5.41) is 14.8. The molecule has 34 heavy (non-hydrogen) atoms.